The van der Waals surface area contributed by atoms with Gasteiger partial charge in [0, 0.05) is 23.8 Å². The topological polar surface area (TPSA) is 53.1 Å². The number of rotatable bonds is 8. The minimum atomic E-state index is -0.468. The maximum Gasteiger partial charge on any atom is 0.225 e. The molecule has 0 fully saturated rings. The van der Waals surface area contributed by atoms with Crippen LogP contribution in [0.5, 0.6) is 0 Å². The number of nitrogens with one attached hydrogen (secondary N) is 2. The van der Waals surface area contributed by atoms with Gasteiger partial charge in [0.2, 0.25) is 5.95 Å². The second-order valence-corrected chi connectivity index (χ2v) is 5.82. The van der Waals surface area contributed by atoms with Crippen molar-refractivity contribution in [3.05, 3.63) is 40.8 Å². The minimum Gasteiger partial charge on any atom is -0.353 e. The molecule has 0 aliphatic heterocycles. The summed E-state index contributed by atoms with van der Waals surface area (Å²) in [5, 5.41) is 6.68. The Labute approximate surface area is 147 Å². The van der Waals surface area contributed by atoms with Crippen molar-refractivity contribution >= 4 is 29.1 Å². The molecule has 0 saturated heterocycles. The average Bonchev–Trinajstić information content (AvgIpc) is 2.56. The Bertz CT molecular complexity index is 676. The third kappa shape index (κ3) is 5.04. The van der Waals surface area contributed by atoms with E-state index in [1.807, 2.05) is 0 Å². The van der Waals surface area contributed by atoms with Crippen LogP contribution in [0.2, 0.25) is 5.02 Å². The van der Waals surface area contributed by atoms with E-state index in [2.05, 4.69) is 39.3 Å². The lowest BCUT2D eigenvalue weighted by molar-refractivity contribution is 0.316. The summed E-state index contributed by atoms with van der Waals surface area (Å²) >= 11 is 5.96. The van der Waals surface area contributed by atoms with E-state index in [9.17, 15) is 4.39 Å². The summed E-state index contributed by atoms with van der Waals surface area (Å²) in [6.45, 7) is 9.42. The molecule has 0 saturated carbocycles. The Kier molecular flexibility index (Phi) is 6.75. The lowest BCUT2D eigenvalue weighted by atomic mass is 10.3. The Morgan fingerprint density at radius 3 is 2.62 bits per heavy atom. The molecule has 1 aromatic carbocycles. The van der Waals surface area contributed by atoms with Crippen molar-refractivity contribution < 1.29 is 4.39 Å². The number of hydrogen-bond acceptors (Lipinski definition) is 5. The van der Waals surface area contributed by atoms with Crippen molar-refractivity contribution in [3.8, 4) is 0 Å². The molecular formula is C17H23ClFN5. The van der Waals surface area contributed by atoms with Crippen molar-refractivity contribution in [1.82, 2.24) is 14.9 Å². The minimum absolute atomic E-state index is 0.134. The Morgan fingerprint density at radius 2 is 1.96 bits per heavy atom. The van der Waals surface area contributed by atoms with Crippen LogP contribution >= 0.6 is 11.6 Å². The van der Waals surface area contributed by atoms with Gasteiger partial charge in [-0.15, -0.1) is 0 Å². The number of nitrogens with zero attached hydrogens (tertiary/aromatic N) is 3. The lowest BCUT2D eigenvalue weighted by Crippen LogP contribution is -2.29. The number of aryl methyl sites for hydroxylation is 1. The fourth-order valence-corrected chi connectivity index (χ4v) is 2.48. The van der Waals surface area contributed by atoms with Gasteiger partial charge in [0.1, 0.15) is 0 Å². The number of benzene rings is 1. The van der Waals surface area contributed by atoms with Crippen LogP contribution in [-0.2, 0) is 0 Å². The molecule has 2 aromatic rings. The zero-order chi connectivity index (χ0) is 17.5. The van der Waals surface area contributed by atoms with Gasteiger partial charge in [-0.05, 0) is 38.2 Å². The normalized spacial score (nSPS) is 10.9. The molecule has 2 N–H and O–H groups in total. The molecule has 7 heteroatoms. The van der Waals surface area contributed by atoms with E-state index < -0.39 is 5.82 Å². The fraction of sp³-hybridized carbons (Fsp3) is 0.412. The van der Waals surface area contributed by atoms with Crippen molar-refractivity contribution in [2.45, 2.75) is 20.8 Å². The predicted molar refractivity (Wildman–Crippen MR) is 97.7 cm³/mol. The first-order chi connectivity index (χ1) is 11.5. The summed E-state index contributed by atoms with van der Waals surface area (Å²) in [5.74, 6) is 0.0740. The van der Waals surface area contributed by atoms with Gasteiger partial charge in [-0.25, -0.2) is 9.37 Å². The molecule has 1 aromatic heterocycles. The standard InChI is InChI=1S/C17H23ClFN5/c1-4-24(5-2)10-9-20-17-21-12(3)15(19)16(23-17)22-14-8-6-7-13(18)11-14/h6-8,11H,4-5,9-10H2,1-3H3,(H2,20,21,22,23). The quantitative estimate of drug-likeness (QED) is 0.750. The maximum atomic E-state index is 14.3. The zero-order valence-corrected chi connectivity index (χ0v) is 15.0. The first-order valence-electron chi connectivity index (χ1n) is 8.06. The third-order valence-corrected chi connectivity index (χ3v) is 3.94. The molecule has 130 valence electrons. The molecule has 0 aliphatic rings. The molecular weight excluding hydrogens is 329 g/mol. The van der Waals surface area contributed by atoms with Gasteiger partial charge in [-0.1, -0.05) is 31.5 Å². The fourth-order valence-electron chi connectivity index (χ4n) is 2.29. The van der Waals surface area contributed by atoms with Crippen molar-refractivity contribution in [2.24, 2.45) is 0 Å². The van der Waals surface area contributed by atoms with Gasteiger partial charge in [0.25, 0.3) is 0 Å². The number of likely N-dealkylation sites (N-methyl/N-ethyl adjacent to an activating group) is 1. The van der Waals surface area contributed by atoms with E-state index in [-0.39, 0.29) is 5.82 Å². The molecule has 0 atom stereocenters. The third-order valence-electron chi connectivity index (χ3n) is 3.71. The predicted octanol–water partition coefficient (Wildman–Crippen LogP) is 4.07. The highest BCUT2D eigenvalue weighted by Crippen LogP contribution is 2.23. The molecule has 24 heavy (non-hydrogen) atoms. The molecule has 0 unspecified atom stereocenters. The summed E-state index contributed by atoms with van der Waals surface area (Å²) in [5.41, 5.74) is 0.966. The maximum absolute atomic E-state index is 14.3. The second-order valence-electron chi connectivity index (χ2n) is 5.38. The van der Waals surface area contributed by atoms with E-state index in [1.54, 1.807) is 31.2 Å². The van der Waals surface area contributed by atoms with Crippen LogP contribution in [0.25, 0.3) is 0 Å². The Balaban J connectivity index is 2.10. The van der Waals surface area contributed by atoms with Crippen molar-refractivity contribution in [3.63, 3.8) is 0 Å². The smallest absolute Gasteiger partial charge is 0.225 e. The van der Waals surface area contributed by atoms with Crippen LogP contribution in [0.4, 0.5) is 21.8 Å². The number of anilines is 3. The van der Waals surface area contributed by atoms with Crippen LogP contribution in [0.1, 0.15) is 19.5 Å². The molecule has 1 heterocycles. The summed E-state index contributed by atoms with van der Waals surface area (Å²) in [6, 6.07) is 7.07. The number of hydrogen-bond donors (Lipinski definition) is 2. The van der Waals surface area contributed by atoms with Crippen LogP contribution in [-0.4, -0.2) is 41.0 Å². The van der Waals surface area contributed by atoms with Crippen molar-refractivity contribution in [1.29, 1.82) is 0 Å². The molecule has 0 aliphatic carbocycles. The highest BCUT2D eigenvalue weighted by Gasteiger charge is 2.12. The summed E-state index contributed by atoms with van der Waals surface area (Å²) in [6.07, 6.45) is 0. The van der Waals surface area contributed by atoms with Crippen LogP contribution < -0.4 is 10.6 Å². The van der Waals surface area contributed by atoms with E-state index >= 15 is 0 Å². The lowest BCUT2D eigenvalue weighted by Gasteiger charge is -2.18. The summed E-state index contributed by atoms with van der Waals surface area (Å²) in [7, 11) is 0. The van der Waals surface area contributed by atoms with Crippen LogP contribution in [0, 0.1) is 12.7 Å². The molecule has 0 spiro atoms. The Morgan fingerprint density at radius 1 is 1.21 bits per heavy atom. The van der Waals surface area contributed by atoms with E-state index in [1.165, 1.54) is 0 Å². The van der Waals surface area contributed by atoms with E-state index in [4.69, 9.17) is 11.6 Å². The van der Waals surface area contributed by atoms with Gasteiger partial charge < -0.3 is 15.5 Å². The first-order valence-corrected chi connectivity index (χ1v) is 8.44. The SMILES string of the molecule is CCN(CC)CCNc1nc(C)c(F)c(Nc2cccc(Cl)c2)n1. The Hall–Kier alpha value is -1.92. The first kappa shape index (κ1) is 18.4. The molecule has 0 amide bonds. The van der Waals surface area contributed by atoms with Gasteiger partial charge in [0.15, 0.2) is 11.6 Å². The molecule has 0 radical (unpaired) electrons. The van der Waals surface area contributed by atoms with Gasteiger partial charge >= 0.3 is 0 Å². The average molecular weight is 352 g/mol. The second kappa shape index (κ2) is 8.80. The van der Waals surface area contributed by atoms with Crippen LogP contribution in [0.15, 0.2) is 24.3 Å². The number of halogens is 2. The van der Waals surface area contributed by atoms with Gasteiger partial charge in [0.05, 0.1) is 5.69 Å². The van der Waals surface area contributed by atoms with E-state index in [0.29, 0.717) is 28.9 Å². The zero-order valence-electron chi connectivity index (χ0n) is 14.2. The van der Waals surface area contributed by atoms with E-state index in [0.717, 1.165) is 19.6 Å². The van der Waals surface area contributed by atoms with Gasteiger partial charge in [-0.2, -0.15) is 4.98 Å². The summed E-state index contributed by atoms with van der Waals surface area (Å²) in [4.78, 5) is 10.7. The molecule has 0 bridgehead atoms. The molecule has 2 rings (SSSR count). The summed E-state index contributed by atoms with van der Waals surface area (Å²) < 4.78 is 14.3. The highest BCUT2D eigenvalue weighted by atomic mass is 35.5. The van der Waals surface area contributed by atoms with Crippen molar-refractivity contribution in [2.75, 3.05) is 36.8 Å². The van der Waals surface area contributed by atoms with Gasteiger partial charge in [-0.3, -0.25) is 0 Å². The monoisotopic (exact) mass is 351 g/mol. The highest BCUT2D eigenvalue weighted by molar-refractivity contribution is 6.30. The van der Waals surface area contributed by atoms with Crippen LogP contribution in [0.3, 0.4) is 0 Å². The largest absolute Gasteiger partial charge is 0.353 e. The molecule has 5 nitrogen and oxygen atoms in total. The number of aromatic nitrogens is 2.